The van der Waals surface area contributed by atoms with Gasteiger partial charge in [-0.15, -0.1) is 0 Å². The molecular weight excluding hydrogens is 252 g/mol. The van der Waals surface area contributed by atoms with Crippen molar-refractivity contribution in [2.24, 2.45) is 0 Å². The summed E-state index contributed by atoms with van der Waals surface area (Å²) in [5.41, 5.74) is 0.926. The Balaban J connectivity index is 3.10. The van der Waals surface area contributed by atoms with E-state index in [0.717, 1.165) is 0 Å². The van der Waals surface area contributed by atoms with Crippen molar-refractivity contribution in [3.05, 3.63) is 29.3 Å². The van der Waals surface area contributed by atoms with E-state index in [1.807, 2.05) is 6.07 Å². The monoisotopic (exact) mass is 268 g/mol. The lowest BCUT2D eigenvalue weighted by Gasteiger charge is -2.15. The third kappa shape index (κ3) is 3.29. The molecule has 1 unspecified atom stereocenters. The van der Waals surface area contributed by atoms with E-state index in [-0.39, 0.29) is 11.5 Å². The van der Waals surface area contributed by atoms with Gasteiger partial charge in [-0.2, -0.15) is 5.26 Å². The first kappa shape index (κ1) is 14.6. The van der Waals surface area contributed by atoms with Gasteiger partial charge < -0.3 is 5.11 Å². The fraction of sp³-hybridized carbons (Fsp3) is 0.417. The molecule has 0 aliphatic carbocycles. The minimum Gasteiger partial charge on any atom is -0.395 e. The Labute approximate surface area is 107 Å². The number of nitrogens with one attached hydrogen (secondary N) is 1. The van der Waals surface area contributed by atoms with Gasteiger partial charge in [0.15, 0.2) is 0 Å². The van der Waals surface area contributed by atoms with Crippen molar-refractivity contribution in [1.82, 2.24) is 4.72 Å². The first-order valence-electron chi connectivity index (χ1n) is 5.58. The highest BCUT2D eigenvalue weighted by molar-refractivity contribution is 7.89. The number of rotatable bonds is 5. The maximum atomic E-state index is 12.1. The number of nitrogens with zero attached hydrogens (tertiary/aromatic N) is 1. The zero-order valence-corrected chi connectivity index (χ0v) is 11.2. The fourth-order valence-electron chi connectivity index (χ4n) is 1.55. The molecule has 98 valence electrons. The Morgan fingerprint density at radius 2 is 2.17 bits per heavy atom. The summed E-state index contributed by atoms with van der Waals surface area (Å²) in [6.45, 7) is 3.18. The van der Waals surface area contributed by atoms with Gasteiger partial charge >= 0.3 is 0 Å². The zero-order valence-electron chi connectivity index (χ0n) is 10.3. The smallest absolute Gasteiger partial charge is 0.241 e. The molecule has 1 aromatic rings. The molecule has 2 N–H and O–H groups in total. The number of sulfonamides is 1. The predicted molar refractivity (Wildman–Crippen MR) is 67.4 cm³/mol. The van der Waals surface area contributed by atoms with Crippen LogP contribution in [0.1, 0.15) is 24.5 Å². The summed E-state index contributed by atoms with van der Waals surface area (Å²) < 4.78 is 26.6. The van der Waals surface area contributed by atoms with Gasteiger partial charge in [-0.1, -0.05) is 6.92 Å². The van der Waals surface area contributed by atoms with E-state index >= 15 is 0 Å². The van der Waals surface area contributed by atoms with Crippen LogP contribution >= 0.6 is 0 Å². The van der Waals surface area contributed by atoms with E-state index < -0.39 is 16.1 Å². The van der Waals surface area contributed by atoms with Crippen molar-refractivity contribution in [3.8, 4) is 6.07 Å². The Kier molecular flexibility index (Phi) is 4.84. The van der Waals surface area contributed by atoms with Crippen molar-refractivity contribution in [1.29, 1.82) is 5.26 Å². The quantitative estimate of drug-likeness (QED) is 0.830. The third-order valence-electron chi connectivity index (χ3n) is 2.63. The van der Waals surface area contributed by atoms with Crippen molar-refractivity contribution < 1.29 is 13.5 Å². The summed E-state index contributed by atoms with van der Waals surface area (Å²) >= 11 is 0. The molecule has 1 atom stereocenters. The number of hydrogen-bond donors (Lipinski definition) is 2. The highest BCUT2D eigenvalue weighted by Crippen LogP contribution is 2.17. The molecule has 18 heavy (non-hydrogen) atoms. The van der Waals surface area contributed by atoms with Crippen LogP contribution in [0.4, 0.5) is 0 Å². The SMILES string of the molecule is CCC(CO)NS(=O)(=O)c1ccc(C#N)cc1C. The highest BCUT2D eigenvalue weighted by atomic mass is 32.2. The molecule has 0 bridgehead atoms. The second-order valence-corrected chi connectivity index (χ2v) is 5.68. The number of nitriles is 1. The molecule has 0 amide bonds. The van der Waals surface area contributed by atoms with Gasteiger partial charge in [0.2, 0.25) is 10.0 Å². The van der Waals surface area contributed by atoms with Gasteiger partial charge in [-0.05, 0) is 37.1 Å². The lowest BCUT2D eigenvalue weighted by atomic mass is 10.2. The van der Waals surface area contributed by atoms with E-state index in [1.165, 1.54) is 18.2 Å². The molecule has 0 saturated carbocycles. The van der Waals surface area contributed by atoms with Gasteiger partial charge in [0.1, 0.15) is 0 Å². The molecular formula is C12H16N2O3S. The summed E-state index contributed by atoms with van der Waals surface area (Å²) in [6.07, 6.45) is 0.505. The summed E-state index contributed by atoms with van der Waals surface area (Å²) in [6, 6.07) is 5.84. The van der Waals surface area contributed by atoms with E-state index in [9.17, 15) is 8.42 Å². The highest BCUT2D eigenvalue weighted by Gasteiger charge is 2.20. The zero-order chi connectivity index (χ0) is 13.8. The maximum absolute atomic E-state index is 12.1. The first-order valence-corrected chi connectivity index (χ1v) is 7.06. The van der Waals surface area contributed by atoms with Crippen LogP contribution in [0.3, 0.4) is 0 Å². The van der Waals surface area contributed by atoms with Gasteiger partial charge in [-0.3, -0.25) is 0 Å². The molecule has 0 aliphatic rings. The Hall–Kier alpha value is -1.42. The Morgan fingerprint density at radius 3 is 2.61 bits per heavy atom. The van der Waals surface area contributed by atoms with Crippen molar-refractivity contribution in [2.45, 2.75) is 31.2 Å². The van der Waals surface area contributed by atoms with Crippen LogP contribution in [0.5, 0.6) is 0 Å². The molecule has 6 heteroatoms. The molecule has 0 saturated heterocycles. The van der Waals surface area contributed by atoms with E-state index in [4.69, 9.17) is 10.4 Å². The Bertz CT molecular complexity index is 557. The van der Waals surface area contributed by atoms with Crippen molar-refractivity contribution in [3.63, 3.8) is 0 Å². The summed E-state index contributed by atoms with van der Waals surface area (Å²) in [5, 5.41) is 17.7. The van der Waals surface area contributed by atoms with Crippen LogP contribution in [0.2, 0.25) is 0 Å². The lowest BCUT2D eigenvalue weighted by molar-refractivity contribution is 0.254. The van der Waals surface area contributed by atoms with Gasteiger partial charge in [0, 0.05) is 6.04 Å². The first-order chi connectivity index (χ1) is 8.44. The number of aryl methyl sites for hydroxylation is 1. The number of aliphatic hydroxyl groups excluding tert-OH is 1. The van der Waals surface area contributed by atoms with Crippen LogP contribution in [0.25, 0.3) is 0 Å². The van der Waals surface area contributed by atoms with Crippen LogP contribution in [0, 0.1) is 18.3 Å². The fourth-order valence-corrected chi connectivity index (χ4v) is 3.09. The van der Waals surface area contributed by atoms with Gasteiger partial charge in [0.05, 0.1) is 23.1 Å². The summed E-state index contributed by atoms with van der Waals surface area (Å²) in [4.78, 5) is 0.133. The van der Waals surface area contributed by atoms with Crippen LogP contribution in [-0.2, 0) is 10.0 Å². The molecule has 0 fully saturated rings. The largest absolute Gasteiger partial charge is 0.395 e. The molecule has 0 heterocycles. The summed E-state index contributed by atoms with van der Waals surface area (Å²) in [7, 11) is -3.66. The Morgan fingerprint density at radius 1 is 1.50 bits per heavy atom. The normalized spacial score (nSPS) is 13.0. The standard InChI is InChI=1S/C12H16N2O3S/c1-3-11(8-15)14-18(16,17)12-5-4-10(7-13)6-9(12)2/h4-6,11,14-15H,3,8H2,1-2H3. The van der Waals surface area contributed by atoms with Crippen LogP contribution < -0.4 is 4.72 Å². The minimum absolute atomic E-state index is 0.133. The maximum Gasteiger partial charge on any atom is 0.241 e. The van der Waals surface area contributed by atoms with E-state index in [0.29, 0.717) is 17.5 Å². The molecule has 0 spiro atoms. The second-order valence-electron chi connectivity index (χ2n) is 4.00. The van der Waals surface area contributed by atoms with E-state index in [2.05, 4.69) is 4.72 Å². The molecule has 1 aromatic carbocycles. The van der Waals surface area contributed by atoms with Crippen LogP contribution in [0.15, 0.2) is 23.1 Å². The second kappa shape index (κ2) is 5.96. The molecule has 0 aliphatic heterocycles. The third-order valence-corrected chi connectivity index (χ3v) is 4.31. The predicted octanol–water partition coefficient (Wildman–Crippen LogP) is 0.916. The average Bonchev–Trinajstić information content (AvgIpc) is 2.35. The number of benzene rings is 1. The number of aliphatic hydroxyl groups is 1. The topological polar surface area (TPSA) is 90.2 Å². The van der Waals surface area contributed by atoms with Gasteiger partial charge in [-0.25, -0.2) is 13.1 Å². The van der Waals surface area contributed by atoms with Crippen molar-refractivity contribution in [2.75, 3.05) is 6.61 Å². The van der Waals surface area contributed by atoms with Gasteiger partial charge in [0.25, 0.3) is 0 Å². The minimum atomic E-state index is -3.66. The number of hydrogen-bond acceptors (Lipinski definition) is 4. The molecule has 0 aromatic heterocycles. The van der Waals surface area contributed by atoms with Crippen molar-refractivity contribution >= 4 is 10.0 Å². The molecule has 0 radical (unpaired) electrons. The molecule has 5 nitrogen and oxygen atoms in total. The van der Waals surface area contributed by atoms with Crippen LogP contribution in [-0.4, -0.2) is 26.2 Å². The summed E-state index contributed by atoms with van der Waals surface area (Å²) in [5.74, 6) is 0. The molecule has 1 rings (SSSR count). The lowest BCUT2D eigenvalue weighted by Crippen LogP contribution is -2.37. The average molecular weight is 268 g/mol. The van der Waals surface area contributed by atoms with E-state index in [1.54, 1.807) is 13.8 Å².